The molecule has 1 aliphatic rings. The van der Waals surface area contributed by atoms with Crippen molar-refractivity contribution in [2.24, 2.45) is 5.73 Å². The summed E-state index contributed by atoms with van der Waals surface area (Å²) in [6, 6.07) is 17.1. The van der Waals surface area contributed by atoms with Gasteiger partial charge in [0.2, 0.25) is 0 Å². The van der Waals surface area contributed by atoms with Crippen LogP contribution in [0, 0.1) is 6.92 Å². The fraction of sp³-hybridized carbons (Fsp3) is 0.176. The molecule has 3 rings (SSSR count). The van der Waals surface area contributed by atoms with Crippen LogP contribution in [-0.4, -0.2) is 6.04 Å². The molecule has 1 aliphatic heterocycles. The summed E-state index contributed by atoms with van der Waals surface area (Å²) in [5, 5.41) is 3.56. The molecule has 0 saturated carbocycles. The van der Waals surface area contributed by atoms with E-state index in [2.05, 4.69) is 60.8 Å². The minimum Gasteiger partial charge on any atom is -0.404 e. The number of hydrogen-bond acceptors (Lipinski definition) is 2. The first-order valence-electron chi connectivity index (χ1n) is 6.62. The molecule has 2 aromatic carbocycles. The van der Waals surface area contributed by atoms with Gasteiger partial charge in [-0.15, -0.1) is 0 Å². The molecule has 2 aromatic rings. The predicted octanol–water partition coefficient (Wildman–Crippen LogP) is 3.33. The standard InChI is InChI=1S/C17H18N2/c1-12-6-2-4-8-14(12)15(11-18)17-10-13-7-3-5-9-16(13)19-17/h2-9,11,17,19H,10,18H2,1H3/b15-11+. The highest BCUT2D eigenvalue weighted by molar-refractivity contribution is 5.77. The quantitative estimate of drug-likeness (QED) is 0.858. The molecule has 2 nitrogen and oxygen atoms in total. The molecular formula is C17H18N2. The zero-order valence-electron chi connectivity index (χ0n) is 11.1. The molecule has 0 radical (unpaired) electrons. The molecule has 0 aromatic heterocycles. The molecule has 2 heteroatoms. The molecule has 3 N–H and O–H groups in total. The maximum absolute atomic E-state index is 5.89. The van der Waals surface area contributed by atoms with Crippen LogP contribution in [0.4, 0.5) is 5.69 Å². The van der Waals surface area contributed by atoms with Gasteiger partial charge in [-0.2, -0.15) is 0 Å². The summed E-state index contributed by atoms with van der Waals surface area (Å²) in [5.74, 6) is 0. The van der Waals surface area contributed by atoms with E-state index in [1.807, 2.05) is 0 Å². The van der Waals surface area contributed by atoms with Crippen molar-refractivity contribution < 1.29 is 0 Å². The Morgan fingerprint density at radius 3 is 2.63 bits per heavy atom. The third-order valence-corrected chi connectivity index (χ3v) is 3.78. The molecule has 0 fully saturated rings. The molecule has 0 amide bonds. The summed E-state index contributed by atoms with van der Waals surface area (Å²) < 4.78 is 0. The van der Waals surface area contributed by atoms with Crippen molar-refractivity contribution in [1.29, 1.82) is 0 Å². The van der Waals surface area contributed by atoms with Crippen molar-refractivity contribution in [3.05, 3.63) is 71.4 Å². The zero-order chi connectivity index (χ0) is 13.2. The number of nitrogens with two attached hydrogens (primary N) is 1. The number of para-hydroxylation sites is 1. The first-order valence-corrected chi connectivity index (χ1v) is 6.62. The lowest BCUT2D eigenvalue weighted by Gasteiger charge is -2.17. The number of benzene rings is 2. The topological polar surface area (TPSA) is 38.0 Å². The Hall–Kier alpha value is -2.22. The lowest BCUT2D eigenvalue weighted by atomic mass is 9.94. The van der Waals surface area contributed by atoms with Crippen LogP contribution in [0.1, 0.15) is 16.7 Å². The Kier molecular flexibility index (Phi) is 3.00. The summed E-state index contributed by atoms with van der Waals surface area (Å²) in [4.78, 5) is 0. The summed E-state index contributed by atoms with van der Waals surface area (Å²) in [7, 11) is 0. The average Bonchev–Trinajstić information content (AvgIpc) is 2.85. The fourth-order valence-corrected chi connectivity index (χ4v) is 2.78. The van der Waals surface area contributed by atoms with Gasteiger partial charge in [-0.3, -0.25) is 0 Å². The Morgan fingerprint density at radius 1 is 1.16 bits per heavy atom. The Bertz CT molecular complexity index is 604. The Balaban J connectivity index is 1.93. The molecule has 0 saturated heterocycles. The van der Waals surface area contributed by atoms with Crippen LogP contribution < -0.4 is 11.1 Å². The van der Waals surface area contributed by atoms with Crippen LogP contribution in [0.3, 0.4) is 0 Å². The van der Waals surface area contributed by atoms with Crippen LogP contribution in [0.25, 0.3) is 5.57 Å². The molecule has 0 aliphatic carbocycles. The number of rotatable bonds is 2. The second-order valence-electron chi connectivity index (χ2n) is 5.00. The van der Waals surface area contributed by atoms with Crippen LogP contribution in [0.15, 0.2) is 54.7 Å². The lowest BCUT2D eigenvalue weighted by molar-refractivity contribution is 0.938. The number of aryl methyl sites for hydroxylation is 1. The number of hydrogen-bond donors (Lipinski definition) is 2. The second kappa shape index (κ2) is 4.81. The first-order chi connectivity index (χ1) is 9.29. The van der Waals surface area contributed by atoms with Crippen LogP contribution in [0.5, 0.6) is 0 Å². The number of nitrogens with one attached hydrogen (secondary N) is 1. The molecule has 96 valence electrons. The van der Waals surface area contributed by atoms with Gasteiger partial charge in [0.1, 0.15) is 0 Å². The van der Waals surface area contributed by atoms with E-state index in [-0.39, 0.29) is 6.04 Å². The third-order valence-electron chi connectivity index (χ3n) is 3.78. The van der Waals surface area contributed by atoms with Crippen LogP contribution in [0.2, 0.25) is 0 Å². The van der Waals surface area contributed by atoms with Crippen molar-refractivity contribution in [2.75, 3.05) is 5.32 Å². The fourth-order valence-electron chi connectivity index (χ4n) is 2.78. The minimum atomic E-state index is 0.267. The number of anilines is 1. The van der Waals surface area contributed by atoms with Crippen molar-refractivity contribution in [3.63, 3.8) is 0 Å². The first kappa shape index (κ1) is 11.8. The molecule has 0 bridgehead atoms. The van der Waals surface area contributed by atoms with E-state index >= 15 is 0 Å². The van der Waals surface area contributed by atoms with Gasteiger partial charge in [-0.25, -0.2) is 0 Å². The van der Waals surface area contributed by atoms with Gasteiger partial charge >= 0.3 is 0 Å². The summed E-state index contributed by atoms with van der Waals surface area (Å²) in [6.45, 7) is 2.13. The molecule has 1 atom stereocenters. The molecular weight excluding hydrogens is 232 g/mol. The highest BCUT2D eigenvalue weighted by atomic mass is 15.0. The maximum Gasteiger partial charge on any atom is 0.0575 e. The molecule has 1 unspecified atom stereocenters. The third kappa shape index (κ3) is 2.10. The van der Waals surface area contributed by atoms with Gasteiger partial charge in [0.05, 0.1) is 6.04 Å². The van der Waals surface area contributed by atoms with Crippen LogP contribution in [-0.2, 0) is 6.42 Å². The zero-order valence-corrected chi connectivity index (χ0v) is 11.1. The van der Waals surface area contributed by atoms with Crippen molar-refractivity contribution in [2.45, 2.75) is 19.4 Å². The SMILES string of the molecule is Cc1ccccc1/C(=C\N)C1Cc2ccccc2N1. The van der Waals surface area contributed by atoms with Gasteiger partial charge in [0.25, 0.3) is 0 Å². The minimum absolute atomic E-state index is 0.267. The van der Waals surface area contributed by atoms with Crippen molar-refractivity contribution in [3.8, 4) is 0 Å². The highest BCUT2D eigenvalue weighted by Gasteiger charge is 2.24. The number of fused-ring (bicyclic) bond motifs is 1. The normalized spacial score (nSPS) is 17.9. The van der Waals surface area contributed by atoms with E-state index in [0.717, 1.165) is 6.42 Å². The summed E-state index contributed by atoms with van der Waals surface area (Å²) in [5.41, 5.74) is 12.1. The highest BCUT2D eigenvalue weighted by Crippen LogP contribution is 2.33. The summed E-state index contributed by atoms with van der Waals surface area (Å²) in [6.07, 6.45) is 2.74. The second-order valence-corrected chi connectivity index (χ2v) is 5.00. The monoisotopic (exact) mass is 250 g/mol. The van der Waals surface area contributed by atoms with E-state index in [4.69, 9.17) is 5.73 Å². The largest absolute Gasteiger partial charge is 0.404 e. The van der Waals surface area contributed by atoms with Gasteiger partial charge in [-0.1, -0.05) is 42.5 Å². The molecule has 0 spiro atoms. The van der Waals surface area contributed by atoms with E-state index in [0.29, 0.717) is 0 Å². The average molecular weight is 250 g/mol. The Labute approximate surface area is 114 Å². The maximum atomic E-state index is 5.89. The van der Waals surface area contributed by atoms with E-state index in [9.17, 15) is 0 Å². The van der Waals surface area contributed by atoms with E-state index < -0.39 is 0 Å². The van der Waals surface area contributed by atoms with Crippen molar-refractivity contribution >= 4 is 11.3 Å². The van der Waals surface area contributed by atoms with Gasteiger partial charge in [-0.05, 0) is 47.9 Å². The van der Waals surface area contributed by atoms with Gasteiger partial charge in [0, 0.05) is 5.69 Å². The van der Waals surface area contributed by atoms with E-state index in [1.165, 1.54) is 28.0 Å². The molecule has 1 heterocycles. The summed E-state index contributed by atoms with van der Waals surface area (Å²) >= 11 is 0. The molecule has 19 heavy (non-hydrogen) atoms. The van der Waals surface area contributed by atoms with E-state index in [1.54, 1.807) is 6.20 Å². The smallest absolute Gasteiger partial charge is 0.0575 e. The van der Waals surface area contributed by atoms with Gasteiger partial charge < -0.3 is 11.1 Å². The van der Waals surface area contributed by atoms with Crippen molar-refractivity contribution in [1.82, 2.24) is 0 Å². The van der Waals surface area contributed by atoms with Crippen LogP contribution >= 0.6 is 0 Å². The van der Waals surface area contributed by atoms with Gasteiger partial charge in [0.15, 0.2) is 0 Å². The lowest BCUT2D eigenvalue weighted by Crippen LogP contribution is -2.19. The Morgan fingerprint density at radius 2 is 1.89 bits per heavy atom. The predicted molar refractivity (Wildman–Crippen MR) is 80.9 cm³/mol.